The zero-order valence-electron chi connectivity index (χ0n) is 19.2. The third-order valence-electron chi connectivity index (χ3n) is 4.50. The number of hydrogen-bond acceptors (Lipinski definition) is 9. The Morgan fingerprint density at radius 2 is 1.14 bits per heavy atom. The van der Waals surface area contributed by atoms with E-state index in [2.05, 4.69) is 51.2 Å². The van der Waals surface area contributed by atoms with Crippen molar-refractivity contribution < 1.29 is 24.3 Å². The van der Waals surface area contributed by atoms with Gasteiger partial charge in [0.1, 0.15) is 18.1 Å². The van der Waals surface area contributed by atoms with Gasteiger partial charge in [-0.25, -0.2) is 4.79 Å². The fourth-order valence-electron chi connectivity index (χ4n) is 2.63. The molecule has 0 saturated carbocycles. The molecule has 200 valence electrons. The Labute approximate surface area is 214 Å². The van der Waals surface area contributed by atoms with Crippen LogP contribution in [0.1, 0.15) is 25.7 Å². The highest BCUT2D eigenvalue weighted by molar-refractivity contribution is 7.80. The number of rotatable bonds is 17. The molecule has 0 spiro atoms. The van der Waals surface area contributed by atoms with Crippen molar-refractivity contribution in [2.24, 2.45) is 38.7 Å². The van der Waals surface area contributed by atoms with E-state index in [0.717, 1.165) is 0 Å². The van der Waals surface area contributed by atoms with Crippen molar-refractivity contribution in [3.63, 3.8) is 0 Å². The Bertz CT molecular complexity index is 775. The second kappa shape index (κ2) is 17.5. The fourth-order valence-corrected chi connectivity index (χ4v) is 3.13. The topological polar surface area (TPSA) is 279 Å². The minimum absolute atomic E-state index is 0.0765. The Morgan fingerprint density at radius 3 is 1.60 bits per heavy atom. The smallest absolute Gasteiger partial charge is 0.327 e. The normalized spacial score (nSPS) is 13.9. The second-order valence-electron chi connectivity index (χ2n) is 7.39. The molecular weight excluding hydrogens is 500 g/mol. The fraction of sp³-hybridized carbons (Fsp3) is 0.667. The molecule has 0 saturated heterocycles. The van der Waals surface area contributed by atoms with Crippen LogP contribution in [-0.4, -0.2) is 89.5 Å². The Balaban J connectivity index is 5.25. The van der Waals surface area contributed by atoms with Crippen LogP contribution < -0.4 is 44.6 Å². The predicted octanol–water partition coefficient (Wildman–Crippen LogP) is -4.18. The lowest BCUT2D eigenvalue weighted by Gasteiger charge is -2.24. The van der Waals surface area contributed by atoms with Crippen molar-refractivity contribution in [1.82, 2.24) is 16.0 Å². The van der Waals surface area contributed by atoms with E-state index in [1.807, 2.05) is 0 Å². The number of nitrogens with zero attached hydrogens (tertiary/aromatic N) is 2. The Kier molecular flexibility index (Phi) is 16.0. The molecule has 0 fully saturated rings. The average molecular weight is 537 g/mol. The molecule has 0 aliphatic heterocycles. The van der Waals surface area contributed by atoms with Crippen LogP contribution in [0.2, 0.25) is 0 Å². The summed E-state index contributed by atoms with van der Waals surface area (Å²) in [5, 5.41) is 16.4. The van der Waals surface area contributed by atoms with Gasteiger partial charge < -0.3 is 49.7 Å². The minimum atomic E-state index is -1.28. The second-order valence-corrected chi connectivity index (χ2v) is 8.12. The van der Waals surface area contributed by atoms with Gasteiger partial charge in [0.05, 0.1) is 6.04 Å². The van der Waals surface area contributed by atoms with E-state index in [0.29, 0.717) is 12.8 Å². The summed E-state index contributed by atoms with van der Waals surface area (Å²) in [6.45, 7) is 0.485. The van der Waals surface area contributed by atoms with E-state index >= 15 is 0 Å². The highest BCUT2D eigenvalue weighted by Gasteiger charge is 2.29. The van der Waals surface area contributed by atoms with Crippen molar-refractivity contribution in [3.8, 4) is 0 Å². The van der Waals surface area contributed by atoms with Gasteiger partial charge in [0.15, 0.2) is 11.9 Å². The molecule has 4 atom stereocenters. The molecule has 14 N–H and O–H groups in total. The maximum Gasteiger partial charge on any atom is 0.327 e. The molecule has 0 aliphatic carbocycles. The number of nitrogens with one attached hydrogen (secondary N) is 3. The molecule has 17 heteroatoms. The summed E-state index contributed by atoms with van der Waals surface area (Å²) in [6.07, 6.45) is 1.15. The van der Waals surface area contributed by atoms with Gasteiger partial charge in [-0.2, -0.15) is 25.3 Å². The van der Waals surface area contributed by atoms with Gasteiger partial charge in [-0.05, 0) is 25.7 Å². The van der Waals surface area contributed by atoms with Gasteiger partial charge >= 0.3 is 5.97 Å². The van der Waals surface area contributed by atoms with Crippen LogP contribution in [0.15, 0.2) is 9.98 Å². The third-order valence-corrected chi connectivity index (χ3v) is 5.23. The number of thiol groups is 2. The van der Waals surface area contributed by atoms with Gasteiger partial charge in [-0.1, -0.05) is 0 Å². The van der Waals surface area contributed by atoms with E-state index in [9.17, 15) is 19.2 Å². The van der Waals surface area contributed by atoms with E-state index in [4.69, 9.17) is 33.8 Å². The summed E-state index contributed by atoms with van der Waals surface area (Å²) in [5.74, 6) is -3.82. The van der Waals surface area contributed by atoms with Crippen LogP contribution in [0.3, 0.4) is 0 Å². The maximum atomic E-state index is 12.9. The third kappa shape index (κ3) is 14.2. The molecule has 0 aromatic carbocycles. The molecule has 4 unspecified atom stereocenters. The summed E-state index contributed by atoms with van der Waals surface area (Å²) < 4.78 is 0. The van der Waals surface area contributed by atoms with Crippen LogP contribution >= 0.6 is 25.3 Å². The van der Waals surface area contributed by atoms with Crippen molar-refractivity contribution >= 4 is 60.9 Å². The molecule has 0 heterocycles. The first-order chi connectivity index (χ1) is 16.4. The summed E-state index contributed by atoms with van der Waals surface area (Å²) in [4.78, 5) is 56.6. The van der Waals surface area contributed by atoms with Crippen LogP contribution in [-0.2, 0) is 19.2 Å². The molecule has 0 radical (unpaired) electrons. The maximum absolute atomic E-state index is 12.9. The number of hydrogen-bond donors (Lipinski definition) is 11. The number of carboxylic acids is 1. The van der Waals surface area contributed by atoms with Gasteiger partial charge in [-0.15, -0.1) is 0 Å². The summed E-state index contributed by atoms with van der Waals surface area (Å²) in [6, 6.07) is -4.43. The van der Waals surface area contributed by atoms with E-state index in [1.165, 1.54) is 0 Å². The van der Waals surface area contributed by atoms with Gasteiger partial charge in [0.25, 0.3) is 0 Å². The number of nitrogens with two attached hydrogens (primary N) is 5. The standard InChI is InChI=1S/C18H36N10O5S2/c19-9(3-1-5-24-17(20)21)13(29)26-10(4-2-6-25-18(22)23)14(30)27-11(7-34)15(31)28-12(8-35)16(32)33/h9-12,34-35H,1-8,19H2,(H,26,29)(H,27,30)(H,28,31)(H,32,33)(H4,20,21,24)(H4,22,23,25). The minimum Gasteiger partial charge on any atom is -0.480 e. The first-order valence-electron chi connectivity index (χ1n) is 10.6. The summed E-state index contributed by atoms with van der Waals surface area (Å²) in [7, 11) is 0. The number of aliphatic carboxylic acids is 1. The molecule has 35 heavy (non-hydrogen) atoms. The number of carboxylic acid groups (broad SMARTS) is 1. The van der Waals surface area contributed by atoms with Crippen LogP contribution in [0.5, 0.6) is 0 Å². The lowest BCUT2D eigenvalue weighted by molar-refractivity contribution is -0.141. The lowest BCUT2D eigenvalue weighted by Crippen LogP contribution is -2.57. The largest absolute Gasteiger partial charge is 0.480 e. The highest BCUT2D eigenvalue weighted by Crippen LogP contribution is 2.04. The highest BCUT2D eigenvalue weighted by atomic mass is 32.1. The molecule has 15 nitrogen and oxygen atoms in total. The van der Waals surface area contributed by atoms with Crippen molar-refractivity contribution in [2.45, 2.75) is 49.9 Å². The monoisotopic (exact) mass is 536 g/mol. The SMILES string of the molecule is NC(N)=NCCCC(N)C(=O)NC(CCCN=C(N)N)C(=O)NC(CS)C(=O)NC(CS)C(=O)O. The van der Waals surface area contributed by atoms with Crippen molar-refractivity contribution in [1.29, 1.82) is 0 Å². The molecule has 0 bridgehead atoms. The number of carbonyl (C=O) groups excluding carboxylic acids is 3. The van der Waals surface area contributed by atoms with E-state index in [-0.39, 0.29) is 49.4 Å². The number of guanidine groups is 2. The summed E-state index contributed by atoms with van der Waals surface area (Å²) >= 11 is 7.93. The van der Waals surface area contributed by atoms with E-state index < -0.39 is 47.9 Å². The Hall–Kier alpha value is -2.92. The zero-order chi connectivity index (χ0) is 27.0. The van der Waals surface area contributed by atoms with Gasteiger partial charge in [0, 0.05) is 24.6 Å². The zero-order valence-corrected chi connectivity index (χ0v) is 21.0. The Morgan fingerprint density at radius 1 is 0.714 bits per heavy atom. The molecule has 0 aromatic heterocycles. The first kappa shape index (κ1) is 32.1. The van der Waals surface area contributed by atoms with Gasteiger partial charge in [-0.3, -0.25) is 24.4 Å². The number of aliphatic imine (C=N–C) groups is 2. The van der Waals surface area contributed by atoms with Crippen LogP contribution in [0.25, 0.3) is 0 Å². The van der Waals surface area contributed by atoms with Crippen molar-refractivity contribution in [3.05, 3.63) is 0 Å². The van der Waals surface area contributed by atoms with Crippen LogP contribution in [0.4, 0.5) is 0 Å². The number of amides is 3. The molecule has 3 amide bonds. The molecule has 0 aliphatic rings. The first-order valence-corrected chi connectivity index (χ1v) is 11.9. The molecule has 0 aromatic rings. The molecule has 0 rings (SSSR count). The lowest BCUT2D eigenvalue weighted by atomic mass is 10.1. The summed E-state index contributed by atoms with van der Waals surface area (Å²) in [5.41, 5.74) is 27.0. The molecular formula is C18H36N10O5S2. The van der Waals surface area contributed by atoms with E-state index in [1.54, 1.807) is 0 Å². The predicted molar refractivity (Wildman–Crippen MR) is 139 cm³/mol. The average Bonchev–Trinajstić information content (AvgIpc) is 2.79. The van der Waals surface area contributed by atoms with Gasteiger partial charge in [0.2, 0.25) is 17.7 Å². The number of carbonyl (C=O) groups is 4. The van der Waals surface area contributed by atoms with Crippen molar-refractivity contribution in [2.75, 3.05) is 24.6 Å². The quantitative estimate of drug-likeness (QED) is 0.0369. The van der Waals surface area contributed by atoms with Crippen LogP contribution in [0, 0.1) is 0 Å².